The van der Waals surface area contributed by atoms with Crippen LogP contribution < -0.4 is 16.4 Å². The van der Waals surface area contributed by atoms with Gasteiger partial charge in [0.05, 0.1) is 10.6 Å². The molecule has 18 nitrogen and oxygen atoms in total. The number of carbonyl (C=O) groups is 5. The molecular weight excluding hydrogens is 746 g/mol. The number of aromatic hydroxyl groups is 2. The van der Waals surface area contributed by atoms with Crippen LogP contribution in [0.1, 0.15) is 56.1 Å². The number of hydrogen-bond acceptors (Lipinski definition) is 16. The van der Waals surface area contributed by atoms with Crippen LogP contribution in [0, 0.1) is 0 Å². The Morgan fingerprint density at radius 1 is 1.21 bits per heavy atom. The van der Waals surface area contributed by atoms with Crippen molar-refractivity contribution >= 4 is 75.2 Å². The highest BCUT2D eigenvalue weighted by Crippen LogP contribution is 2.41. The molecule has 1 aromatic carbocycles. The van der Waals surface area contributed by atoms with Gasteiger partial charge in [-0.3, -0.25) is 29.1 Å². The van der Waals surface area contributed by atoms with Crippen molar-refractivity contribution in [1.82, 2.24) is 25.4 Å². The van der Waals surface area contributed by atoms with Crippen molar-refractivity contribution in [2.24, 2.45) is 5.16 Å². The van der Waals surface area contributed by atoms with Crippen LogP contribution in [0.15, 0.2) is 33.9 Å². The number of rotatable bonds is 17. The third-order valence-electron chi connectivity index (χ3n) is 8.02. The summed E-state index contributed by atoms with van der Waals surface area (Å²) in [7, 11) is 0. The van der Waals surface area contributed by atoms with Crippen LogP contribution in [0.5, 0.6) is 11.5 Å². The van der Waals surface area contributed by atoms with Gasteiger partial charge in [0.15, 0.2) is 22.3 Å². The molecule has 2 aliphatic rings. The van der Waals surface area contributed by atoms with Crippen molar-refractivity contribution in [3.05, 3.63) is 45.1 Å². The number of nitrogens with two attached hydrogens (primary N) is 1. The summed E-state index contributed by atoms with van der Waals surface area (Å²) in [6.45, 7) is 5.62. The maximum atomic E-state index is 13.5. The lowest BCUT2D eigenvalue weighted by atomic mass is 10.0. The lowest BCUT2D eigenvalue weighted by Crippen LogP contribution is -2.71. The predicted molar refractivity (Wildman–Crippen MR) is 190 cm³/mol. The Balaban J connectivity index is 1.50. The first-order valence-electron chi connectivity index (χ1n) is 15.9. The molecule has 0 bridgehead atoms. The van der Waals surface area contributed by atoms with Crippen molar-refractivity contribution < 1.29 is 54.3 Å². The number of benzene rings is 1. The van der Waals surface area contributed by atoms with Gasteiger partial charge in [-0.2, -0.15) is 5.26 Å². The van der Waals surface area contributed by atoms with E-state index >= 15 is 0 Å². The zero-order valence-corrected chi connectivity index (χ0v) is 30.6. The molecule has 0 aliphatic carbocycles. The molecule has 0 spiro atoms. The first kappa shape index (κ1) is 40.1. The molecule has 2 unspecified atom stereocenters. The summed E-state index contributed by atoms with van der Waals surface area (Å²) in [4.78, 5) is 80.5. The number of aliphatic carboxylic acids is 1. The lowest BCUT2D eigenvalue weighted by molar-refractivity contribution is -0.231. The fourth-order valence-corrected chi connectivity index (χ4v) is 7.25. The zero-order chi connectivity index (χ0) is 38.3. The number of carboxylic acids is 1. The number of thioether (sulfide) groups is 1. The Morgan fingerprint density at radius 3 is 2.58 bits per heavy atom. The summed E-state index contributed by atoms with van der Waals surface area (Å²) in [5.41, 5.74) is 3.69. The second-order valence-electron chi connectivity index (χ2n) is 12.1. The number of oxime groups is 1. The number of hydrogen-bond donors (Lipinski definition) is 7. The Hall–Kier alpha value is -4.63. The van der Waals surface area contributed by atoms with Crippen molar-refractivity contribution in [3.63, 3.8) is 0 Å². The van der Waals surface area contributed by atoms with Gasteiger partial charge < -0.3 is 36.5 Å². The number of phenolic OH excluding ortho intramolecular Hbond substituents is 2. The Labute approximate surface area is 310 Å². The van der Waals surface area contributed by atoms with Crippen molar-refractivity contribution in [3.8, 4) is 11.5 Å². The molecular formula is C31H38ClN7O11S2. The minimum Gasteiger partial charge on any atom is -0.504 e. The number of amides is 3. The fourth-order valence-electron chi connectivity index (χ4n) is 5.12. The molecule has 21 heteroatoms. The zero-order valence-electron chi connectivity index (χ0n) is 28.3. The highest BCUT2D eigenvalue weighted by atomic mass is 35.5. The van der Waals surface area contributed by atoms with Gasteiger partial charge in [-0.05, 0) is 44.5 Å². The number of carboxylic acid groups (broad SMARTS) is 1. The number of aromatic nitrogens is 1. The van der Waals surface area contributed by atoms with Crippen LogP contribution in [0.2, 0.25) is 5.02 Å². The highest BCUT2D eigenvalue weighted by molar-refractivity contribution is 8.00. The van der Waals surface area contributed by atoms with E-state index in [1.807, 2.05) is 11.8 Å². The average molecular weight is 784 g/mol. The SMILES string of the molecule is CCCCCN(CCNC(=O)c1ccc(O)c(O)c1Cl)CC1=C(C(=O)OO)N2C(=O)C(NC(=O)/C(=N\OC(C)(C)C(=O)O)c3csc(N)n3)C2SC1. The summed E-state index contributed by atoms with van der Waals surface area (Å²) in [5, 5.41) is 47.7. The van der Waals surface area contributed by atoms with E-state index in [9.17, 15) is 44.5 Å². The smallest absolute Gasteiger partial charge is 0.389 e. The van der Waals surface area contributed by atoms with Gasteiger partial charge in [-0.25, -0.2) is 14.6 Å². The number of nitrogens with zero attached hydrogens (tertiary/aromatic N) is 4. The molecule has 8 N–H and O–H groups in total. The Bertz CT molecular complexity index is 1780. The number of anilines is 1. The molecule has 1 fully saturated rings. The lowest BCUT2D eigenvalue weighted by Gasteiger charge is -2.49. The molecule has 2 atom stereocenters. The number of nitrogen functional groups attached to an aromatic ring is 1. The van der Waals surface area contributed by atoms with E-state index in [0.29, 0.717) is 18.7 Å². The van der Waals surface area contributed by atoms with Crippen molar-refractivity contribution in [2.75, 3.05) is 37.7 Å². The van der Waals surface area contributed by atoms with E-state index in [0.717, 1.165) is 41.6 Å². The van der Waals surface area contributed by atoms with Gasteiger partial charge >= 0.3 is 11.9 Å². The van der Waals surface area contributed by atoms with E-state index in [2.05, 4.69) is 25.7 Å². The number of phenols is 2. The predicted octanol–water partition coefficient (Wildman–Crippen LogP) is 1.97. The first-order valence-corrected chi connectivity index (χ1v) is 18.2. The van der Waals surface area contributed by atoms with E-state index < -0.39 is 63.9 Å². The van der Waals surface area contributed by atoms with Gasteiger partial charge in [0.1, 0.15) is 22.8 Å². The molecule has 3 heterocycles. The second-order valence-corrected chi connectivity index (χ2v) is 14.5. The van der Waals surface area contributed by atoms with Crippen LogP contribution in [0.25, 0.3) is 0 Å². The summed E-state index contributed by atoms with van der Waals surface area (Å²) >= 11 is 8.27. The minimum absolute atomic E-state index is 0.0171. The van der Waals surface area contributed by atoms with Crippen LogP contribution in [-0.4, -0.2) is 120 Å². The molecule has 0 saturated carbocycles. The quantitative estimate of drug-likeness (QED) is 0.0302. The van der Waals surface area contributed by atoms with Gasteiger partial charge in [-0.15, -0.1) is 23.1 Å². The summed E-state index contributed by atoms with van der Waals surface area (Å²) < 4.78 is 0. The second kappa shape index (κ2) is 17.3. The number of unbranched alkanes of at least 4 members (excludes halogenated alkanes) is 2. The molecule has 0 radical (unpaired) electrons. The number of thiazole rings is 1. The standard InChI is InChI=1S/C31H38ClN7O11S2/c1-4-5-6-10-38(11-9-34-24(42)16-7-8-18(40)23(41)19(16)32)12-15-13-51-27-21(26(44)39(27)22(15)28(45)49-48)36-25(43)20(17-14-52-30(33)35-17)37-50-31(2,3)29(46)47/h7-8,14,21,27,40-41,48H,4-6,9-13H2,1-3H3,(H2,33,35)(H,34,42)(H,36,43)(H,46,47)/b37-20-. The Morgan fingerprint density at radius 2 is 1.94 bits per heavy atom. The third kappa shape index (κ3) is 9.05. The molecule has 282 valence electrons. The third-order valence-corrected chi connectivity index (χ3v) is 10.4. The van der Waals surface area contributed by atoms with Gasteiger partial charge in [0, 0.05) is 30.8 Å². The number of β-lactam (4-membered cyclic amide) rings is 1. The summed E-state index contributed by atoms with van der Waals surface area (Å²) in [6, 6.07) is 1.26. The first-order chi connectivity index (χ1) is 24.6. The van der Waals surface area contributed by atoms with Gasteiger partial charge in [-0.1, -0.05) is 36.5 Å². The van der Waals surface area contributed by atoms with Gasteiger partial charge in [0.2, 0.25) is 5.60 Å². The van der Waals surface area contributed by atoms with E-state index in [-0.39, 0.29) is 46.0 Å². The monoisotopic (exact) mass is 783 g/mol. The van der Waals surface area contributed by atoms with Crippen LogP contribution >= 0.6 is 34.7 Å². The fraction of sp³-hybridized carbons (Fsp3) is 0.452. The topological polar surface area (TPSA) is 267 Å². The maximum Gasteiger partial charge on any atom is 0.389 e. The van der Waals surface area contributed by atoms with Crippen molar-refractivity contribution in [1.29, 1.82) is 0 Å². The molecule has 2 aliphatic heterocycles. The molecule has 52 heavy (non-hydrogen) atoms. The number of halogens is 1. The molecule has 3 amide bonds. The summed E-state index contributed by atoms with van der Waals surface area (Å²) in [6.07, 6.45) is 2.61. The van der Waals surface area contributed by atoms with E-state index in [4.69, 9.17) is 22.2 Å². The molecule has 4 rings (SSSR count). The maximum absolute atomic E-state index is 13.5. The number of fused-ring (bicyclic) bond motifs is 1. The van der Waals surface area contributed by atoms with Crippen LogP contribution in [0.3, 0.4) is 0 Å². The summed E-state index contributed by atoms with van der Waals surface area (Å²) in [5.74, 6) is -5.61. The number of nitrogens with one attached hydrogen (secondary N) is 2. The average Bonchev–Trinajstić information content (AvgIpc) is 3.54. The minimum atomic E-state index is -1.81. The van der Waals surface area contributed by atoms with Crippen molar-refractivity contribution in [2.45, 2.75) is 57.1 Å². The van der Waals surface area contributed by atoms with E-state index in [1.165, 1.54) is 37.1 Å². The highest BCUT2D eigenvalue weighted by Gasteiger charge is 2.55. The van der Waals surface area contributed by atoms with Crippen LogP contribution in [0.4, 0.5) is 5.13 Å². The molecule has 1 saturated heterocycles. The normalized spacial score (nSPS) is 17.4. The number of carbonyl (C=O) groups excluding carboxylic acids is 4. The van der Waals surface area contributed by atoms with E-state index in [1.54, 1.807) is 0 Å². The Kier molecular flexibility index (Phi) is 13.3. The van der Waals surface area contributed by atoms with Gasteiger partial charge in [0.25, 0.3) is 17.7 Å². The van der Waals surface area contributed by atoms with Crippen LogP contribution in [-0.2, 0) is 28.9 Å². The largest absolute Gasteiger partial charge is 0.504 e. The molecule has 2 aromatic rings. The molecule has 1 aromatic heterocycles.